The number of fused-ring (bicyclic) bond motifs is 1. The lowest BCUT2D eigenvalue weighted by atomic mass is 10.2. The van der Waals surface area contributed by atoms with Crippen LogP contribution in [0.15, 0.2) is 58.8 Å². The van der Waals surface area contributed by atoms with E-state index in [0.29, 0.717) is 5.56 Å². The van der Waals surface area contributed by atoms with Crippen molar-refractivity contribution >= 4 is 37.4 Å². The molecule has 0 saturated carbocycles. The van der Waals surface area contributed by atoms with Crippen LogP contribution in [0.25, 0.3) is 10.1 Å². The number of rotatable bonds is 5. The van der Waals surface area contributed by atoms with E-state index in [0.717, 1.165) is 20.0 Å². The number of carbonyl (C=O) groups excluding carboxylic acids is 1. The van der Waals surface area contributed by atoms with Crippen molar-refractivity contribution in [2.75, 3.05) is 14.1 Å². The molecule has 0 atom stereocenters. The average molecular weight is 375 g/mol. The number of ether oxygens (including phenoxy) is 1. The van der Waals surface area contributed by atoms with Gasteiger partial charge in [-0.2, -0.15) is 0 Å². The van der Waals surface area contributed by atoms with Crippen LogP contribution in [0.5, 0.6) is 0 Å². The van der Waals surface area contributed by atoms with Crippen LogP contribution in [0.4, 0.5) is 0 Å². The third-order valence-corrected chi connectivity index (χ3v) is 6.63. The summed E-state index contributed by atoms with van der Waals surface area (Å²) in [6.07, 6.45) is 0. The van der Waals surface area contributed by atoms with E-state index in [1.165, 1.54) is 38.4 Å². The predicted molar refractivity (Wildman–Crippen MR) is 98.3 cm³/mol. The molecule has 3 aromatic rings. The van der Waals surface area contributed by atoms with Crippen molar-refractivity contribution in [1.29, 1.82) is 0 Å². The first-order valence-electron chi connectivity index (χ1n) is 7.54. The molecule has 3 rings (SSSR count). The largest absolute Gasteiger partial charge is 0.457 e. The Balaban J connectivity index is 1.71. The summed E-state index contributed by atoms with van der Waals surface area (Å²) in [5, 5.41) is 3.05. The van der Waals surface area contributed by atoms with Gasteiger partial charge in [-0.3, -0.25) is 0 Å². The maximum Gasteiger partial charge on any atom is 0.338 e. The molecular weight excluding hydrogens is 358 g/mol. The zero-order valence-corrected chi connectivity index (χ0v) is 15.4. The molecule has 1 heterocycles. The van der Waals surface area contributed by atoms with E-state index < -0.39 is 16.0 Å². The van der Waals surface area contributed by atoms with Gasteiger partial charge < -0.3 is 4.74 Å². The van der Waals surface area contributed by atoms with Crippen molar-refractivity contribution in [3.05, 3.63) is 65.0 Å². The second kappa shape index (κ2) is 6.95. The van der Waals surface area contributed by atoms with Crippen LogP contribution in [0.2, 0.25) is 0 Å². The number of carbonyl (C=O) groups is 1. The maximum atomic E-state index is 12.2. The molecule has 0 fully saturated rings. The lowest BCUT2D eigenvalue weighted by Gasteiger charge is -2.11. The first-order valence-corrected chi connectivity index (χ1v) is 9.86. The monoisotopic (exact) mass is 375 g/mol. The molecule has 0 aliphatic heterocycles. The first-order chi connectivity index (χ1) is 11.9. The fraction of sp³-hybridized carbons (Fsp3) is 0.167. The zero-order valence-electron chi connectivity index (χ0n) is 13.8. The number of hydrogen-bond donors (Lipinski definition) is 0. The highest BCUT2D eigenvalue weighted by Gasteiger charge is 2.18. The van der Waals surface area contributed by atoms with Crippen LogP contribution in [-0.4, -0.2) is 32.8 Å². The molecule has 7 heteroatoms. The van der Waals surface area contributed by atoms with E-state index in [2.05, 4.69) is 0 Å². The summed E-state index contributed by atoms with van der Waals surface area (Å²) in [4.78, 5) is 12.3. The van der Waals surface area contributed by atoms with E-state index in [1.54, 1.807) is 11.3 Å². The third-order valence-electron chi connectivity index (χ3n) is 3.79. The number of benzene rings is 2. The topological polar surface area (TPSA) is 63.7 Å². The van der Waals surface area contributed by atoms with Gasteiger partial charge in [0.1, 0.15) is 6.61 Å². The molecule has 2 aromatic carbocycles. The van der Waals surface area contributed by atoms with E-state index in [-0.39, 0.29) is 11.5 Å². The smallest absolute Gasteiger partial charge is 0.338 e. The second-order valence-corrected chi connectivity index (χ2v) is 8.71. The maximum absolute atomic E-state index is 12.2. The molecule has 0 spiro atoms. The van der Waals surface area contributed by atoms with E-state index in [9.17, 15) is 13.2 Å². The molecular formula is C18H17NO4S2. The Bertz CT molecular complexity index is 1000. The molecule has 5 nitrogen and oxygen atoms in total. The molecule has 0 bridgehead atoms. The molecule has 0 N–H and O–H groups in total. The van der Waals surface area contributed by atoms with Crippen molar-refractivity contribution in [3.63, 3.8) is 0 Å². The molecule has 1 aromatic heterocycles. The van der Waals surface area contributed by atoms with Crippen LogP contribution in [-0.2, 0) is 21.4 Å². The zero-order chi connectivity index (χ0) is 18.0. The van der Waals surface area contributed by atoms with Gasteiger partial charge in [0, 0.05) is 24.4 Å². The number of nitrogens with zero attached hydrogens (tertiary/aromatic N) is 1. The third kappa shape index (κ3) is 3.58. The molecule has 0 aliphatic carbocycles. The normalized spacial score (nSPS) is 11.8. The lowest BCUT2D eigenvalue weighted by molar-refractivity contribution is 0.0474. The molecule has 130 valence electrons. The second-order valence-electron chi connectivity index (χ2n) is 5.65. The highest BCUT2D eigenvalue weighted by atomic mass is 32.2. The van der Waals surface area contributed by atoms with Crippen LogP contribution in [0.3, 0.4) is 0 Å². The summed E-state index contributed by atoms with van der Waals surface area (Å²) in [6.45, 7) is 0.181. The van der Waals surface area contributed by atoms with Gasteiger partial charge in [0.05, 0.1) is 10.5 Å². The molecule has 0 amide bonds. The van der Waals surface area contributed by atoms with Gasteiger partial charge in [-0.15, -0.1) is 11.3 Å². The molecule has 0 radical (unpaired) electrons. The van der Waals surface area contributed by atoms with Crippen molar-refractivity contribution in [3.8, 4) is 0 Å². The van der Waals surface area contributed by atoms with E-state index in [4.69, 9.17) is 4.74 Å². The Morgan fingerprint density at radius 2 is 1.76 bits per heavy atom. The summed E-state index contributed by atoms with van der Waals surface area (Å²) in [6, 6.07) is 13.7. The van der Waals surface area contributed by atoms with E-state index in [1.807, 2.05) is 29.6 Å². The number of sulfonamides is 1. The molecule has 0 saturated heterocycles. The summed E-state index contributed by atoms with van der Waals surface area (Å²) >= 11 is 1.61. The van der Waals surface area contributed by atoms with Crippen molar-refractivity contribution in [1.82, 2.24) is 4.31 Å². The Kier molecular flexibility index (Phi) is 4.89. The SMILES string of the molecule is CN(C)S(=O)(=O)c1ccc(C(=O)OCc2csc3ccccc23)cc1. The minimum Gasteiger partial charge on any atom is -0.457 e. The summed E-state index contributed by atoms with van der Waals surface area (Å²) < 4.78 is 31.7. The standard InChI is InChI=1S/C18H17NO4S2/c1-19(2)25(21,22)15-9-7-13(8-10-15)18(20)23-11-14-12-24-17-6-4-3-5-16(14)17/h3-10,12H,11H2,1-2H3. The minimum absolute atomic E-state index is 0.137. The van der Waals surface area contributed by atoms with Crippen LogP contribution in [0, 0.1) is 0 Å². The summed E-state index contributed by atoms with van der Waals surface area (Å²) in [7, 11) is -0.587. The van der Waals surface area contributed by atoms with Crippen LogP contribution < -0.4 is 0 Å². The number of esters is 1. The van der Waals surface area contributed by atoms with Gasteiger partial charge in [-0.25, -0.2) is 17.5 Å². The highest BCUT2D eigenvalue weighted by molar-refractivity contribution is 7.89. The fourth-order valence-electron chi connectivity index (χ4n) is 2.35. The number of hydrogen-bond acceptors (Lipinski definition) is 5. The molecule has 0 unspecified atom stereocenters. The van der Waals surface area contributed by atoms with Gasteiger partial charge >= 0.3 is 5.97 Å². The Morgan fingerprint density at radius 3 is 2.44 bits per heavy atom. The highest BCUT2D eigenvalue weighted by Crippen LogP contribution is 2.26. The summed E-state index contributed by atoms with van der Waals surface area (Å²) in [5.41, 5.74) is 1.28. The van der Waals surface area contributed by atoms with Gasteiger partial charge in [0.15, 0.2) is 0 Å². The summed E-state index contributed by atoms with van der Waals surface area (Å²) in [5.74, 6) is -0.482. The van der Waals surface area contributed by atoms with Crippen molar-refractivity contribution < 1.29 is 17.9 Å². The molecule has 25 heavy (non-hydrogen) atoms. The average Bonchev–Trinajstić information content (AvgIpc) is 3.03. The van der Waals surface area contributed by atoms with Gasteiger partial charge in [-0.05, 0) is 41.1 Å². The van der Waals surface area contributed by atoms with Crippen LogP contribution >= 0.6 is 11.3 Å². The fourth-order valence-corrected chi connectivity index (χ4v) is 4.19. The Hall–Kier alpha value is -2.22. The van der Waals surface area contributed by atoms with Crippen molar-refractivity contribution in [2.24, 2.45) is 0 Å². The predicted octanol–water partition coefficient (Wildman–Crippen LogP) is 3.51. The minimum atomic E-state index is -3.51. The lowest BCUT2D eigenvalue weighted by Crippen LogP contribution is -2.22. The van der Waals surface area contributed by atoms with Gasteiger partial charge in [-0.1, -0.05) is 18.2 Å². The van der Waals surface area contributed by atoms with Gasteiger partial charge in [0.25, 0.3) is 0 Å². The Labute approximate surface area is 150 Å². The first kappa shape index (κ1) is 17.6. The quantitative estimate of drug-likeness (QED) is 0.640. The van der Waals surface area contributed by atoms with Crippen LogP contribution in [0.1, 0.15) is 15.9 Å². The van der Waals surface area contributed by atoms with Gasteiger partial charge in [0.2, 0.25) is 10.0 Å². The van der Waals surface area contributed by atoms with E-state index >= 15 is 0 Å². The number of thiophene rings is 1. The van der Waals surface area contributed by atoms with Crippen molar-refractivity contribution in [2.45, 2.75) is 11.5 Å². The Morgan fingerprint density at radius 1 is 1.08 bits per heavy atom. The molecule has 0 aliphatic rings.